The van der Waals surface area contributed by atoms with E-state index in [-0.39, 0.29) is 11.8 Å². The Morgan fingerprint density at radius 2 is 2.00 bits per heavy atom. The quantitative estimate of drug-likeness (QED) is 0.881. The van der Waals surface area contributed by atoms with Gasteiger partial charge in [0.15, 0.2) is 0 Å². The first-order valence-corrected chi connectivity index (χ1v) is 7.72. The van der Waals surface area contributed by atoms with E-state index >= 15 is 0 Å². The highest BCUT2D eigenvalue weighted by Crippen LogP contribution is 2.25. The average molecular weight is 323 g/mol. The van der Waals surface area contributed by atoms with Crippen LogP contribution in [0.15, 0.2) is 29.6 Å². The second kappa shape index (κ2) is 6.74. The van der Waals surface area contributed by atoms with Gasteiger partial charge in [-0.3, -0.25) is 9.59 Å². The fourth-order valence-electron chi connectivity index (χ4n) is 1.72. The summed E-state index contributed by atoms with van der Waals surface area (Å²) in [4.78, 5) is 24.1. The second-order valence-corrected chi connectivity index (χ2v) is 5.81. The predicted octanol–water partition coefficient (Wildman–Crippen LogP) is 4.31. The molecule has 6 heteroatoms. The zero-order chi connectivity index (χ0) is 15.4. The van der Waals surface area contributed by atoms with Crippen LogP contribution in [0.4, 0.5) is 11.4 Å². The SMILES string of the molecule is CCC(=O)Nc1cc(NC(=O)c2sccc2Cl)ccc1C. The van der Waals surface area contributed by atoms with Crippen molar-refractivity contribution < 1.29 is 9.59 Å². The van der Waals surface area contributed by atoms with Gasteiger partial charge in [-0.1, -0.05) is 24.6 Å². The highest BCUT2D eigenvalue weighted by Gasteiger charge is 2.13. The lowest BCUT2D eigenvalue weighted by Gasteiger charge is -2.11. The fourth-order valence-corrected chi connectivity index (χ4v) is 2.75. The molecule has 0 saturated carbocycles. The summed E-state index contributed by atoms with van der Waals surface area (Å²) in [7, 11) is 0. The first-order chi connectivity index (χ1) is 10.0. The van der Waals surface area contributed by atoms with E-state index in [2.05, 4.69) is 10.6 Å². The molecule has 2 aromatic rings. The molecule has 2 amide bonds. The maximum atomic E-state index is 12.1. The van der Waals surface area contributed by atoms with E-state index in [0.29, 0.717) is 27.7 Å². The molecule has 1 aromatic heterocycles. The van der Waals surface area contributed by atoms with Gasteiger partial charge in [-0.15, -0.1) is 11.3 Å². The lowest BCUT2D eigenvalue weighted by Crippen LogP contribution is -2.13. The van der Waals surface area contributed by atoms with Crippen LogP contribution in [-0.2, 0) is 4.79 Å². The molecule has 0 fully saturated rings. The average Bonchev–Trinajstić information content (AvgIpc) is 2.88. The number of nitrogens with one attached hydrogen (secondary N) is 2. The number of amides is 2. The zero-order valence-electron chi connectivity index (χ0n) is 11.7. The minimum Gasteiger partial charge on any atom is -0.326 e. The van der Waals surface area contributed by atoms with Gasteiger partial charge in [-0.25, -0.2) is 0 Å². The molecule has 110 valence electrons. The van der Waals surface area contributed by atoms with E-state index < -0.39 is 0 Å². The van der Waals surface area contributed by atoms with Crippen molar-refractivity contribution in [1.29, 1.82) is 0 Å². The third-order valence-corrected chi connectivity index (χ3v) is 4.25. The van der Waals surface area contributed by atoms with Gasteiger partial charge in [0, 0.05) is 17.8 Å². The van der Waals surface area contributed by atoms with Crippen LogP contribution in [0.5, 0.6) is 0 Å². The van der Waals surface area contributed by atoms with Crippen LogP contribution in [0.1, 0.15) is 28.6 Å². The van der Waals surface area contributed by atoms with Gasteiger partial charge < -0.3 is 10.6 Å². The molecule has 0 unspecified atom stereocenters. The Hall–Kier alpha value is -1.85. The van der Waals surface area contributed by atoms with Crippen molar-refractivity contribution in [3.63, 3.8) is 0 Å². The smallest absolute Gasteiger partial charge is 0.267 e. The number of thiophene rings is 1. The number of halogens is 1. The Morgan fingerprint density at radius 1 is 1.24 bits per heavy atom. The lowest BCUT2D eigenvalue weighted by molar-refractivity contribution is -0.115. The Labute approximate surface area is 132 Å². The number of hydrogen-bond acceptors (Lipinski definition) is 3. The molecule has 2 N–H and O–H groups in total. The van der Waals surface area contributed by atoms with Crippen molar-refractivity contribution in [2.24, 2.45) is 0 Å². The number of aryl methyl sites for hydroxylation is 1. The molecule has 0 saturated heterocycles. The summed E-state index contributed by atoms with van der Waals surface area (Å²) in [5, 5.41) is 7.78. The van der Waals surface area contributed by atoms with Crippen molar-refractivity contribution in [2.45, 2.75) is 20.3 Å². The molecule has 0 spiro atoms. The van der Waals surface area contributed by atoms with Crippen LogP contribution in [0.25, 0.3) is 0 Å². The standard InChI is InChI=1S/C15H15ClN2O2S/c1-3-13(19)18-12-8-10(5-4-9(12)2)17-15(20)14-11(16)6-7-21-14/h4-8H,3H2,1-2H3,(H,17,20)(H,18,19). The van der Waals surface area contributed by atoms with Crippen molar-refractivity contribution >= 4 is 46.1 Å². The van der Waals surface area contributed by atoms with E-state index in [9.17, 15) is 9.59 Å². The number of hydrogen-bond donors (Lipinski definition) is 2. The first-order valence-electron chi connectivity index (χ1n) is 6.46. The second-order valence-electron chi connectivity index (χ2n) is 4.48. The van der Waals surface area contributed by atoms with Gasteiger partial charge >= 0.3 is 0 Å². The largest absolute Gasteiger partial charge is 0.326 e. The number of carbonyl (C=O) groups is 2. The van der Waals surface area contributed by atoms with Crippen molar-refractivity contribution in [2.75, 3.05) is 10.6 Å². The van der Waals surface area contributed by atoms with Gasteiger partial charge in [0.05, 0.1) is 5.02 Å². The first kappa shape index (κ1) is 15.5. The van der Waals surface area contributed by atoms with E-state index in [1.807, 2.05) is 13.0 Å². The van der Waals surface area contributed by atoms with Crippen molar-refractivity contribution in [1.82, 2.24) is 0 Å². The molecule has 0 atom stereocenters. The summed E-state index contributed by atoms with van der Waals surface area (Å²) < 4.78 is 0. The molecule has 1 heterocycles. The van der Waals surface area contributed by atoms with Crippen LogP contribution < -0.4 is 10.6 Å². The molecule has 0 aliphatic heterocycles. The highest BCUT2D eigenvalue weighted by atomic mass is 35.5. The summed E-state index contributed by atoms with van der Waals surface area (Å²) in [6.45, 7) is 3.68. The number of rotatable bonds is 4. The van der Waals surface area contributed by atoms with Crippen LogP contribution >= 0.6 is 22.9 Å². The van der Waals surface area contributed by atoms with Crippen LogP contribution in [0.3, 0.4) is 0 Å². The van der Waals surface area contributed by atoms with Crippen LogP contribution in [-0.4, -0.2) is 11.8 Å². The van der Waals surface area contributed by atoms with Crippen molar-refractivity contribution in [3.8, 4) is 0 Å². The predicted molar refractivity (Wildman–Crippen MR) is 87.4 cm³/mol. The zero-order valence-corrected chi connectivity index (χ0v) is 13.3. The minimum absolute atomic E-state index is 0.0668. The molecule has 0 aliphatic carbocycles. The maximum Gasteiger partial charge on any atom is 0.267 e. The molecule has 4 nitrogen and oxygen atoms in total. The van der Waals surface area contributed by atoms with Gasteiger partial charge in [-0.2, -0.15) is 0 Å². The monoisotopic (exact) mass is 322 g/mol. The maximum absolute atomic E-state index is 12.1. The molecule has 1 aromatic carbocycles. The minimum atomic E-state index is -0.258. The Balaban J connectivity index is 2.17. The van der Waals surface area contributed by atoms with Gasteiger partial charge in [0.1, 0.15) is 4.88 Å². The summed E-state index contributed by atoms with van der Waals surface area (Å²) in [6, 6.07) is 7.05. The fraction of sp³-hybridized carbons (Fsp3) is 0.200. The van der Waals surface area contributed by atoms with Crippen molar-refractivity contribution in [3.05, 3.63) is 45.1 Å². The summed E-state index contributed by atoms with van der Waals surface area (Å²) in [5.41, 5.74) is 2.24. The molecule has 0 aliphatic rings. The number of anilines is 2. The summed E-state index contributed by atoms with van der Waals surface area (Å²) in [6.07, 6.45) is 0.404. The lowest BCUT2D eigenvalue weighted by atomic mass is 10.1. The van der Waals surface area contributed by atoms with Crippen LogP contribution in [0, 0.1) is 6.92 Å². The molecule has 0 radical (unpaired) electrons. The topological polar surface area (TPSA) is 58.2 Å². The van der Waals surface area contributed by atoms with Crippen LogP contribution in [0.2, 0.25) is 5.02 Å². The molecule has 0 bridgehead atoms. The number of benzene rings is 1. The Bertz CT molecular complexity index is 682. The molecule has 2 rings (SSSR count). The van der Waals surface area contributed by atoms with Gasteiger partial charge in [-0.05, 0) is 36.1 Å². The Morgan fingerprint density at radius 3 is 2.62 bits per heavy atom. The summed E-state index contributed by atoms with van der Waals surface area (Å²) >= 11 is 7.22. The molecular formula is C15H15ClN2O2S. The van der Waals surface area contributed by atoms with E-state index in [0.717, 1.165) is 5.56 Å². The van der Waals surface area contributed by atoms with E-state index in [4.69, 9.17) is 11.6 Å². The Kier molecular flexibility index (Phi) is 4.98. The van der Waals surface area contributed by atoms with E-state index in [1.165, 1.54) is 11.3 Å². The van der Waals surface area contributed by atoms with Gasteiger partial charge in [0.2, 0.25) is 5.91 Å². The number of carbonyl (C=O) groups excluding carboxylic acids is 2. The normalized spacial score (nSPS) is 10.2. The van der Waals surface area contributed by atoms with Gasteiger partial charge in [0.25, 0.3) is 5.91 Å². The molecular weight excluding hydrogens is 308 g/mol. The molecule has 21 heavy (non-hydrogen) atoms. The summed E-state index contributed by atoms with van der Waals surface area (Å²) in [5.74, 6) is -0.325. The third kappa shape index (κ3) is 3.83. The highest BCUT2D eigenvalue weighted by molar-refractivity contribution is 7.12. The van der Waals surface area contributed by atoms with E-state index in [1.54, 1.807) is 30.5 Å². The third-order valence-electron chi connectivity index (χ3n) is 2.91.